The fourth-order valence-corrected chi connectivity index (χ4v) is 2.50. The highest BCUT2D eigenvalue weighted by molar-refractivity contribution is 6.31. The van der Waals surface area contributed by atoms with Crippen LogP contribution in [0.4, 0.5) is 4.39 Å². The van der Waals surface area contributed by atoms with Crippen molar-refractivity contribution >= 4 is 11.6 Å². The maximum absolute atomic E-state index is 13.0. The van der Waals surface area contributed by atoms with E-state index in [0.717, 1.165) is 31.5 Å². The van der Waals surface area contributed by atoms with Gasteiger partial charge in [0.1, 0.15) is 5.82 Å². The van der Waals surface area contributed by atoms with Gasteiger partial charge in [0, 0.05) is 23.7 Å². The summed E-state index contributed by atoms with van der Waals surface area (Å²) in [6.45, 7) is 4.10. The molecule has 1 saturated heterocycles. The molecule has 5 heteroatoms. The van der Waals surface area contributed by atoms with Crippen molar-refractivity contribution in [1.82, 2.24) is 16.2 Å². The molecule has 3 N–H and O–H groups in total. The molecule has 0 spiro atoms. The molecule has 18 heavy (non-hydrogen) atoms. The first-order chi connectivity index (χ1) is 8.70. The molecule has 2 rings (SSSR count). The number of nitrogens with one attached hydrogen (secondary N) is 3. The van der Waals surface area contributed by atoms with E-state index in [2.05, 4.69) is 23.1 Å². The Morgan fingerprint density at radius 3 is 3.00 bits per heavy atom. The Balaban J connectivity index is 1.91. The lowest BCUT2D eigenvalue weighted by atomic mass is 10.0. The number of rotatable bonds is 5. The minimum absolute atomic E-state index is 0.145. The Bertz CT molecular complexity index is 400. The predicted molar refractivity (Wildman–Crippen MR) is 72.0 cm³/mol. The van der Waals surface area contributed by atoms with Crippen LogP contribution in [0.1, 0.15) is 31.4 Å². The zero-order valence-corrected chi connectivity index (χ0v) is 11.2. The molecule has 1 aromatic rings. The van der Waals surface area contributed by atoms with Gasteiger partial charge in [-0.3, -0.25) is 5.43 Å². The zero-order chi connectivity index (χ0) is 13.0. The fraction of sp³-hybridized carbons (Fsp3) is 0.538. The standard InChI is InChI=1S/C13H19ClFN3/c1-2-5-16-8-10-7-13(18-17-10)11-4-3-9(15)6-12(11)14/h3-4,6,10,13,16-18H,2,5,7-8H2,1H3. The van der Waals surface area contributed by atoms with Gasteiger partial charge in [-0.15, -0.1) is 0 Å². The summed E-state index contributed by atoms with van der Waals surface area (Å²) in [6.07, 6.45) is 2.08. The summed E-state index contributed by atoms with van der Waals surface area (Å²) in [6, 6.07) is 5.08. The van der Waals surface area contributed by atoms with Crippen molar-refractivity contribution in [2.45, 2.75) is 31.8 Å². The van der Waals surface area contributed by atoms with E-state index in [4.69, 9.17) is 11.6 Å². The third kappa shape index (κ3) is 3.42. The van der Waals surface area contributed by atoms with Gasteiger partial charge in [-0.05, 0) is 37.1 Å². The van der Waals surface area contributed by atoms with E-state index in [9.17, 15) is 4.39 Å². The van der Waals surface area contributed by atoms with Crippen LogP contribution in [0.3, 0.4) is 0 Å². The Morgan fingerprint density at radius 1 is 1.44 bits per heavy atom. The van der Waals surface area contributed by atoms with E-state index in [-0.39, 0.29) is 11.9 Å². The average Bonchev–Trinajstić information content (AvgIpc) is 2.78. The van der Waals surface area contributed by atoms with Crippen LogP contribution in [0.25, 0.3) is 0 Å². The van der Waals surface area contributed by atoms with E-state index in [0.29, 0.717) is 11.1 Å². The molecule has 100 valence electrons. The molecule has 1 heterocycles. The molecule has 0 bridgehead atoms. The van der Waals surface area contributed by atoms with Crippen molar-refractivity contribution in [2.75, 3.05) is 13.1 Å². The number of hydrogen-bond donors (Lipinski definition) is 3. The smallest absolute Gasteiger partial charge is 0.124 e. The zero-order valence-electron chi connectivity index (χ0n) is 10.5. The summed E-state index contributed by atoms with van der Waals surface area (Å²) in [5.74, 6) is -0.295. The predicted octanol–water partition coefficient (Wildman–Crippen LogP) is 2.39. The summed E-state index contributed by atoms with van der Waals surface area (Å²) in [7, 11) is 0. The number of hydrogen-bond acceptors (Lipinski definition) is 3. The molecular weight excluding hydrogens is 253 g/mol. The lowest BCUT2D eigenvalue weighted by Gasteiger charge is -2.12. The molecule has 0 aromatic heterocycles. The van der Waals surface area contributed by atoms with E-state index in [1.807, 2.05) is 0 Å². The van der Waals surface area contributed by atoms with Gasteiger partial charge >= 0.3 is 0 Å². The normalized spacial score (nSPS) is 23.5. The van der Waals surface area contributed by atoms with Crippen LogP contribution >= 0.6 is 11.6 Å². The summed E-state index contributed by atoms with van der Waals surface area (Å²) in [5, 5.41) is 3.86. The molecule has 1 aliphatic rings. The van der Waals surface area contributed by atoms with Gasteiger partial charge in [-0.2, -0.15) is 0 Å². The SMILES string of the molecule is CCCNCC1CC(c2ccc(F)cc2Cl)NN1. The highest BCUT2D eigenvalue weighted by Crippen LogP contribution is 2.28. The van der Waals surface area contributed by atoms with Gasteiger partial charge in [-0.25, -0.2) is 9.82 Å². The number of benzene rings is 1. The van der Waals surface area contributed by atoms with Crippen molar-refractivity contribution in [1.29, 1.82) is 0 Å². The van der Waals surface area contributed by atoms with Gasteiger partial charge < -0.3 is 5.32 Å². The van der Waals surface area contributed by atoms with Crippen LogP contribution < -0.4 is 16.2 Å². The second-order valence-corrected chi connectivity index (χ2v) is 5.05. The maximum atomic E-state index is 13.0. The molecule has 3 nitrogen and oxygen atoms in total. The van der Waals surface area contributed by atoms with Crippen molar-refractivity contribution in [3.63, 3.8) is 0 Å². The summed E-state index contributed by atoms with van der Waals surface area (Å²) >= 11 is 6.06. The van der Waals surface area contributed by atoms with Crippen molar-refractivity contribution in [3.8, 4) is 0 Å². The van der Waals surface area contributed by atoms with Crippen LogP contribution in [0.2, 0.25) is 5.02 Å². The quantitative estimate of drug-likeness (QED) is 0.720. The largest absolute Gasteiger partial charge is 0.315 e. The average molecular weight is 272 g/mol. The second-order valence-electron chi connectivity index (χ2n) is 4.64. The number of halogens is 2. The third-order valence-electron chi connectivity index (χ3n) is 3.14. The minimum atomic E-state index is -0.295. The Kier molecular flexibility index (Phi) is 4.95. The Morgan fingerprint density at radius 2 is 2.28 bits per heavy atom. The van der Waals surface area contributed by atoms with E-state index < -0.39 is 0 Å². The molecule has 2 unspecified atom stereocenters. The first kappa shape index (κ1) is 13.7. The Hall–Kier alpha value is -0.680. The third-order valence-corrected chi connectivity index (χ3v) is 3.46. The molecule has 0 saturated carbocycles. The highest BCUT2D eigenvalue weighted by Gasteiger charge is 2.26. The fourth-order valence-electron chi connectivity index (χ4n) is 2.20. The molecule has 2 atom stereocenters. The molecule has 0 aliphatic carbocycles. The van der Waals surface area contributed by atoms with Crippen LogP contribution in [-0.4, -0.2) is 19.1 Å². The number of hydrazine groups is 1. The molecular formula is C13H19ClFN3. The summed E-state index contributed by atoms with van der Waals surface area (Å²) in [4.78, 5) is 0. The summed E-state index contributed by atoms with van der Waals surface area (Å²) < 4.78 is 13.0. The van der Waals surface area contributed by atoms with Gasteiger partial charge in [0.05, 0.1) is 0 Å². The lowest BCUT2D eigenvalue weighted by molar-refractivity contribution is 0.505. The van der Waals surface area contributed by atoms with Crippen molar-refractivity contribution in [3.05, 3.63) is 34.6 Å². The van der Waals surface area contributed by atoms with Crippen LogP contribution in [0.15, 0.2) is 18.2 Å². The van der Waals surface area contributed by atoms with E-state index in [1.165, 1.54) is 12.1 Å². The van der Waals surface area contributed by atoms with Crippen LogP contribution in [0.5, 0.6) is 0 Å². The molecule has 1 aromatic carbocycles. The lowest BCUT2D eigenvalue weighted by Crippen LogP contribution is -2.38. The first-order valence-corrected chi connectivity index (χ1v) is 6.75. The second kappa shape index (κ2) is 6.48. The van der Waals surface area contributed by atoms with Crippen molar-refractivity contribution < 1.29 is 4.39 Å². The monoisotopic (exact) mass is 271 g/mol. The molecule has 1 aliphatic heterocycles. The van der Waals surface area contributed by atoms with Crippen molar-refractivity contribution in [2.24, 2.45) is 0 Å². The molecule has 1 fully saturated rings. The first-order valence-electron chi connectivity index (χ1n) is 6.37. The van der Waals surface area contributed by atoms with Gasteiger partial charge in [0.2, 0.25) is 0 Å². The highest BCUT2D eigenvalue weighted by atomic mass is 35.5. The van der Waals surface area contributed by atoms with Gasteiger partial charge in [-0.1, -0.05) is 24.6 Å². The van der Waals surface area contributed by atoms with Crippen LogP contribution in [0, 0.1) is 5.82 Å². The summed E-state index contributed by atoms with van der Waals surface area (Å²) in [5.41, 5.74) is 7.40. The Labute approximate surface area is 112 Å². The van der Waals surface area contributed by atoms with E-state index >= 15 is 0 Å². The van der Waals surface area contributed by atoms with Gasteiger partial charge in [0.15, 0.2) is 0 Å². The minimum Gasteiger partial charge on any atom is -0.315 e. The topological polar surface area (TPSA) is 36.1 Å². The molecule has 0 radical (unpaired) electrons. The van der Waals surface area contributed by atoms with Gasteiger partial charge in [0.25, 0.3) is 0 Å². The van der Waals surface area contributed by atoms with E-state index in [1.54, 1.807) is 6.07 Å². The molecule has 0 amide bonds. The maximum Gasteiger partial charge on any atom is 0.124 e. The van der Waals surface area contributed by atoms with Crippen LogP contribution in [-0.2, 0) is 0 Å².